The summed E-state index contributed by atoms with van der Waals surface area (Å²) in [6.07, 6.45) is 7.02. The summed E-state index contributed by atoms with van der Waals surface area (Å²) in [5, 5.41) is 15.2. The first-order valence-electron chi connectivity index (χ1n) is 7.79. The quantitative estimate of drug-likeness (QED) is 0.661. The lowest BCUT2D eigenvalue weighted by Crippen LogP contribution is -2.43. The van der Waals surface area contributed by atoms with E-state index in [0.29, 0.717) is 18.9 Å². The number of piperidine rings is 1. The highest BCUT2D eigenvalue weighted by Crippen LogP contribution is 2.43. The number of hydrogen-bond acceptors (Lipinski definition) is 3. The Morgan fingerprint density at radius 1 is 1.30 bits per heavy atom. The third kappa shape index (κ3) is 4.47. The summed E-state index contributed by atoms with van der Waals surface area (Å²) in [6.45, 7) is 2.65. The zero-order chi connectivity index (χ0) is 14.4. The Morgan fingerprint density at radius 2 is 2.10 bits per heavy atom. The van der Waals surface area contributed by atoms with Gasteiger partial charge in [-0.05, 0) is 56.5 Å². The number of carbonyl (C=O) groups is 2. The molecule has 1 saturated heterocycles. The van der Waals surface area contributed by atoms with Crippen LogP contribution in [0.2, 0.25) is 0 Å². The minimum atomic E-state index is -0.757. The van der Waals surface area contributed by atoms with Gasteiger partial charge in [0.1, 0.15) is 0 Å². The zero-order valence-corrected chi connectivity index (χ0v) is 12.1. The fourth-order valence-electron chi connectivity index (χ4n) is 3.29. The lowest BCUT2D eigenvalue weighted by molar-refractivity contribution is -0.141. The molecule has 2 fully saturated rings. The molecular weight excluding hydrogens is 256 g/mol. The topological polar surface area (TPSA) is 78.4 Å². The van der Waals surface area contributed by atoms with Crippen molar-refractivity contribution in [3.05, 3.63) is 0 Å². The van der Waals surface area contributed by atoms with Crippen molar-refractivity contribution in [2.24, 2.45) is 11.3 Å². The number of carboxylic acid groups (broad SMARTS) is 1. The van der Waals surface area contributed by atoms with E-state index in [1.54, 1.807) is 0 Å². The van der Waals surface area contributed by atoms with E-state index in [1.165, 1.54) is 12.8 Å². The van der Waals surface area contributed by atoms with Crippen molar-refractivity contribution >= 4 is 11.9 Å². The van der Waals surface area contributed by atoms with Crippen molar-refractivity contribution < 1.29 is 14.7 Å². The minimum Gasteiger partial charge on any atom is -0.481 e. The van der Waals surface area contributed by atoms with Crippen LogP contribution in [-0.2, 0) is 9.59 Å². The SMILES string of the molecule is O=C(O)CC1(CNC(=O)CCC2CCCNC2)CCC1. The first-order valence-corrected chi connectivity index (χ1v) is 7.79. The van der Waals surface area contributed by atoms with Crippen molar-refractivity contribution in [3.63, 3.8) is 0 Å². The molecule has 1 aliphatic carbocycles. The molecule has 1 unspecified atom stereocenters. The molecule has 2 aliphatic rings. The van der Waals surface area contributed by atoms with Crippen LogP contribution in [0.4, 0.5) is 0 Å². The van der Waals surface area contributed by atoms with E-state index in [9.17, 15) is 9.59 Å². The van der Waals surface area contributed by atoms with Crippen molar-refractivity contribution in [1.82, 2.24) is 10.6 Å². The highest BCUT2D eigenvalue weighted by Gasteiger charge is 2.39. The molecule has 0 radical (unpaired) electrons. The predicted octanol–water partition coefficient (Wildman–Crippen LogP) is 1.53. The van der Waals surface area contributed by atoms with E-state index in [0.717, 1.165) is 38.8 Å². The Labute approximate surface area is 120 Å². The van der Waals surface area contributed by atoms with Gasteiger partial charge in [-0.15, -0.1) is 0 Å². The summed E-state index contributed by atoms with van der Waals surface area (Å²) in [7, 11) is 0. The molecule has 0 aromatic rings. The summed E-state index contributed by atoms with van der Waals surface area (Å²) in [4.78, 5) is 22.7. The highest BCUT2D eigenvalue weighted by atomic mass is 16.4. The van der Waals surface area contributed by atoms with Gasteiger partial charge in [0.05, 0.1) is 6.42 Å². The smallest absolute Gasteiger partial charge is 0.303 e. The molecular formula is C15H26N2O3. The molecule has 2 rings (SSSR count). The third-order valence-electron chi connectivity index (χ3n) is 4.78. The lowest BCUT2D eigenvalue weighted by atomic mass is 9.66. The molecule has 20 heavy (non-hydrogen) atoms. The van der Waals surface area contributed by atoms with Crippen LogP contribution in [0.15, 0.2) is 0 Å². The van der Waals surface area contributed by atoms with E-state index in [-0.39, 0.29) is 17.7 Å². The van der Waals surface area contributed by atoms with Crippen LogP contribution in [0.1, 0.15) is 51.4 Å². The molecule has 1 atom stereocenters. The molecule has 1 heterocycles. The normalized spacial score (nSPS) is 24.7. The van der Waals surface area contributed by atoms with Gasteiger partial charge in [0.25, 0.3) is 0 Å². The van der Waals surface area contributed by atoms with Crippen LogP contribution < -0.4 is 10.6 Å². The van der Waals surface area contributed by atoms with Gasteiger partial charge in [-0.2, -0.15) is 0 Å². The molecule has 0 aromatic carbocycles. The largest absolute Gasteiger partial charge is 0.481 e. The summed E-state index contributed by atoms with van der Waals surface area (Å²) < 4.78 is 0. The van der Waals surface area contributed by atoms with Gasteiger partial charge in [-0.3, -0.25) is 9.59 Å². The van der Waals surface area contributed by atoms with Gasteiger partial charge in [0.2, 0.25) is 5.91 Å². The number of hydrogen-bond donors (Lipinski definition) is 3. The average Bonchev–Trinajstić information content (AvgIpc) is 2.40. The predicted molar refractivity (Wildman–Crippen MR) is 76.4 cm³/mol. The van der Waals surface area contributed by atoms with E-state index in [2.05, 4.69) is 10.6 Å². The Bertz CT molecular complexity index is 347. The molecule has 1 saturated carbocycles. The number of aliphatic carboxylic acids is 1. The maximum Gasteiger partial charge on any atom is 0.303 e. The van der Waals surface area contributed by atoms with Gasteiger partial charge >= 0.3 is 5.97 Å². The van der Waals surface area contributed by atoms with E-state index < -0.39 is 5.97 Å². The van der Waals surface area contributed by atoms with Crippen molar-refractivity contribution in [1.29, 1.82) is 0 Å². The summed E-state index contributed by atoms with van der Waals surface area (Å²) >= 11 is 0. The Morgan fingerprint density at radius 3 is 2.65 bits per heavy atom. The zero-order valence-electron chi connectivity index (χ0n) is 12.1. The van der Waals surface area contributed by atoms with Crippen LogP contribution >= 0.6 is 0 Å². The second-order valence-corrected chi connectivity index (χ2v) is 6.45. The Balaban J connectivity index is 1.65. The van der Waals surface area contributed by atoms with Crippen LogP contribution in [0, 0.1) is 11.3 Å². The van der Waals surface area contributed by atoms with E-state index in [1.807, 2.05) is 0 Å². The molecule has 0 spiro atoms. The third-order valence-corrected chi connectivity index (χ3v) is 4.78. The fraction of sp³-hybridized carbons (Fsp3) is 0.867. The number of carboxylic acids is 1. The highest BCUT2D eigenvalue weighted by molar-refractivity contribution is 5.76. The van der Waals surface area contributed by atoms with E-state index in [4.69, 9.17) is 5.11 Å². The van der Waals surface area contributed by atoms with Gasteiger partial charge in [0, 0.05) is 13.0 Å². The molecule has 0 aromatic heterocycles. The first kappa shape index (κ1) is 15.3. The maximum absolute atomic E-state index is 11.9. The number of rotatable bonds is 7. The van der Waals surface area contributed by atoms with Crippen LogP contribution in [0.5, 0.6) is 0 Å². The molecule has 5 nitrogen and oxygen atoms in total. The van der Waals surface area contributed by atoms with Crippen molar-refractivity contribution in [2.75, 3.05) is 19.6 Å². The van der Waals surface area contributed by atoms with Crippen molar-refractivity contribution in [3.8, 4) is 0 Å². The monoisotopic (exact) mass is 282 g/mol. The van der Waals surface area contributed by atoms with Gasteiger partial charge in [-0.1, -0.05) is 6.42 Å². The lowest BCUT2D eigenvalue weighted by Gasteiger charge is -2.40. The second-order valence-electron chi connectivity index (χ2n) is 6.45. The molecule has 1 amide bonds. The maximum atomic E-state index is 11.9. The number of carbonyl (C=O) groups excluding carboxylic acids is 1. The van der Waals surface area contributed by atoms with E-state index >= 15 is 0 Å². The van der Waals surface area contributed by atoms with Crippen LogP contribution in [0.3, 0.4) is 0 Å². The van der Waals surface area contributed by atoms with Gasteiger partial charge in [-0.25, -0.2) is 0 Å². The number of amides is 1. The average molecular weight is 282 g/mol. The number of nitrogens with one attached hydrogen (secondary N) is 2. The van der Waals surface area contributed by atoms with Crippen LogP contribution in [0.25, 0.3) is 0 Å². The summed E-state index contributed by atoms with van der Waals surface area (Å²) in [5.41, 5.74) is -0.173. The summed E-state index contributed by atoms with van der Waals surface area (Å²) in [5.74, 6) is -0.0642. The standard InChI is InChI=1S/C15H26N2O3/c18-13(5-4-12-3-1-8-16-10-12)17-11-15(6-2-7-15)9-14(19)20/h12,16H,1-11H2,(H,17,18)(H,19,20). The minimum absolute atomic E-state index is 0.0761. The molecule has 3 N–H and O–H groups in total. The summed E-state index contributed by atoms with van der Waals surface area (Å²) in [6, 6.07) is 0. The van der Waals surface area contributed by atoms with Gasteiger partial charge in [0.15, 0.2) is 0 Å². The Hall–Kier alpha value is -1.10. The second kappa shape index (κ2) is 7.07. The van der Waals surface area contributed by atoms with Crippen LogP contribution in [-0.4, -0.2) is 36.6 Å². The molecule has 114 valence electrons. The molecule has 1 aliphatic heterocycles. The Kier molecular flexibility index (Phi) is 5.40. The van der Waals surface area contributed by atoms with Crippen molar-refractivity contribution in [2.45, 2.75) is 51.4 Å². The fourth-order valence-corrected chi connectivity index (χ4v) is 3.29. The first-order chi connectivity index (χ1) is 9.60. The van der Waals surface area contributed by atoms with Gasteiger partial charge < -0.3 is 15.7 Å². The molecule has 5 heteroatoms. The molecule has 0 bridgehead atoms.